The van der Waals surface area contributed by atoms with Crippen LogP contribution in [0.4, 0.5) is 17.6 Å². The van der Waals surface area contributed by atoms with E-state index in [-0.39, 0.29) is 30.1 Å². The van der Waals surface area contributed by atoms with Gasteiger partial charge in [-0.2, -0.15) is 13.2 Å². The van der Waals surface area contributed by atoms with Crippen molar-refractivity contribution in [2.24, 2.45) is 0 Å². The zero-order chi connectivity index (χ0) is 22.4. The molecular formula is C22H24F4N2O3. The molecule has 31 heavy (non-hydrogen) atoms. The molecule has 1 heterocycles. The Kier molecular flexibility index (Phi) is 7.37. The molecule has 1 aliphatic heterocycles. The summed E-state index contributed by atoms with van der Waals surface area (Å²) < 4.78 is 61.7. The fourth-order valence-corrected chi connectivity index (χ4v) is 3.46. The molecule has 5 nitrogen and oxygen atoms in total. The lowest BCUT2D eigenvalue weighted by Gasteiger charge is -2.32. The fourth-order valence-electron chi connectivity index (χ4n) is 3.46. The van der Waals surface area contributed by atoms with Gasteiger partial charge in [0.15, 0.2) is 18.2 Å². The van der Waals surface area contributed by atoms with Crippen molar-refractivity contribution in [3.63, 3.8) is 0 Å². The van der Waals surface area contributed by atoms with E-state index in [1.54, 1.807) is 6.07 Å². The number of likely N-dealkylation sites (tertiary alicyclic amines) is 1. The molecule has 0 spiro atoms. The van der Waals surface area contributed by atoms with E-state index in [4.69, 9.17) is 9.47 Å². The third kappa shape index (κ3) is 6.58. The first kappa shape index (κ1) is 22.9. The zero-order valence-electron chi connectivity index (χ0n) is 17.0. The Hall–Kier alpha value is -2.81. The van der Waals surface area contributed by atoms with Crippen molar-refractivity contribution in [1.82, 2.24) is 10.2 Å². The number of ether oxygens (including phenoxy) is 2. The molecule has 0 bridgehead atoms. The summed E-state index contributed by atoms with van der Waals surface area (Å²) in [5.41, 5.74) is 0.0826. The second kappa shape index (κ2) is 10.00. The van der Waals surface area contributed by atoms with Crippen LogP contribution in [0.25, 0.3) is 0 Å². The number of carbonyl (C=O) groups is 1. The van der Waals surface area contributed by atoms with Gasteiger partial charge in [-0.25, -0.2) is 4.39 Å². The molecule has 168 valence electrons. The van der Waals surface area contributed by atoms with Gasteiger partial charge in [0.25, 0.3) is 5.91 Å². The van der Waals surface area contributed by atoms with Gasteiger partial charge in [0, 0.05) is 25.7 Å². The van der Waals surface area contributed by atoms with Crippen LogP contribution in [0, 0.1) is 5.82 Å². The Bertz CT molecular complexity index is 879. The molecule has 0 radical (unpaired) electrons. The second-order valence-corrected chi connectivity index (χ2v) is 7.40. The van der Waals surface area contributed by atoms with Gasteiger partial charge in [-0.1, -0.05) is 6.07 Å². The third-order valence-electron chi connectivity index (χ3n) is 5.13. The van der Waals surface area contributed by atoms with E-state index in [0.717, 1.165) is 43.6 Å². The zero-order valence-corrected chi connectivity index (χ0v) is 17.0. The Balaban J connectivity index is 1.39. The molecule has 1 saturated heterocycles. The highest BCUT2D eigenvalue weighted by atomic mass is 19.4. The van der Waals surface area contributed by atoms with Crippen molar-refractivity contribution in [3.8, 4) is 11.5 Å². The largest absolute Gasteiger partial charge is 0.494 e. The van der Waals surface area contributed by atoms with Gasteiger partial charge in [0.05, 0.1) is 12.7 Å². The van der Waals surface area contributed by atoms with E-state index in [1.165, 1.54) is 25.3 Å². The van der Waals surface area contributed by atoms with Crippen LogP contribution in [0.15, 0.2) is 42.5 Å². The van der Waals surface area contributed by atoms with Crippen LogP contribution in [0.1, 0.15) is 24.0 Å². The Morgan fingerprint density at radius 2 is 1.81 bits per heavy atom. The summed E-state index contributed by atoms with van der Waals surface area (Å²) in [5, 5.41) is 2.89. The highest BCUT2D eigenvalue weighted by Gasteiger charge is 2.30. The van der Waals surface area contributed by atoms with Gasteiger partial charge >= 0.3 is 6.18 Å². The predicted octanol–water partition coefficient (Wildman–Crippen LogP) is 4.01. The number of halogens is 4. The van der Waals surface area contributed by atoms with Crippen molar-refractivity contribution >= 4 is 5.91 Å². The minimum Gasteiger partial charge on any atom is -0.494 e. The number of piperidine rings is 1. The van der Waals surface area contributed by atoms with Gasteiger partial charge in [0.1, 0.15) is 5.75 Å². The Labute approximate surface area is 177 Å². The maximum absolute atomic E-state index is 13.8. The number of nitrogens with one attached hydrogen (secondary N) is 1. The number of rotatable bonds is 7. The molecule has 9 heteroatoms. The Morgan fingerprint density at radius 1 is 1.13 bits per heavy atom. The minimum atomic E-state index is -4.41. The number of alkyl halides is 3. The molecule has 2 aromatic carbocycles. The van der Waals surface area contributed by atoms with Crippen LogP contribution in [0.5, 0.6) is 11.5 Å². The van der Waals surface area contributed by atoms with Crippen molar-refractivity contribution in [3.05, 3.63) is 59.4 Å². The SMILES string of the molecule is COc1ccc(CN2CCC(NC(=O)COc3ccc(C(F)(F)F)cc3)CC2)cc1F. The number of benzene rings is 2. The van der Waals surface area contributed by atoms with Crippen LogP contribution in [-0.2, 0) is 17.5 Å². The molecule has 3 rings (SSSR count). The summed E-state index contributed by atoms with van der Waals surface area (Å²) in [4.78, 5) is 14.3. The topological polar surface area (TPSA) is 50.8 Å². The maximum atomic E-state index is 13.8. The van der Waals surface area contributed by atoms with Crippen LogP contribution < -0.4 is 14.8 Å². The van der Waals surface area contributed by atoms with Gasteiger partial charge in [-0.15, -0.1) is 0 Å². The van der Waals surface area contributed by atoms with Crippen molar-refractivity contribution in [2.45, 2.75) is 31.6 Å². The molecule has 0 unspecified atom stereocenters. The second-order valence-electron chi connectivity index (χ2n) is 7.40. The lowest BCUT2D eigenvalue weighted by Crippen LogP contribution is -2.45. The van der Waals surface area contributed by atoms with Gasteiger partial charge in [-0.05, 0) is 54.8 Å². The number of carbonyl (C=O) groups excluding carboxylic acids is 1. The van der Waals surface area contributed by atoms with E-state index in [9.17, 15) is 22.4 Å². The van der Waals surface area contributed by atoms with Crippen molar-refractivity contribution < 1.29 is 31.8 Å². The van der Waals surface area contributed by atoms with E-state index in [2.05, 4.69) is 10.2 Å². The first-order chi connectivity index (χ1) is 14.7. The highest BCUT2D eigenvalue weighted by molar-refractivity contribution is 5.77. The lowest BCUT2D eigenvalue weighted by atomic mass is 10.0. The van der Waals surface area contributed by atoms with Gasteiger partial charge < -0.3 is 14.8 Å². The summed E-state index contributed by atoms with van der Waals surface area (Å²) in [6.45, 7) is 1.84. The molecule has 0 aliphatic carbocycles. The average molecular weight is 440 g/mol. The van der Waals surface area contributed by atoms with E-state index >= 15 is 0 Å². The third-order valence-corrected chi connectivity index (χ3v) is 5.13. The molecule has 1 N–H and O–H groups in total. The monoisotopic (exact) mass is 440 g/mol. The molecule has 1 fully saturated rings. The van der Waals surface area contributed by atoms with E-state index in [0.29, 0.717) is 6.54 Å². The highest BCUT2D eigenvalue weighted by Crippen LogP contribution is 2.30. The molecule has 1 aliphatic rings. The van der Waals surface area contributed by atoms with Crippen LogP contribution in [0.3, 0.4) is 0 Å². The Morgan fingerprint density at radius 3 is 2.39 bits per heavy atom. The van der Waals surface area contributed by atoms with Crippen molar-refractivity contribution in [1.29, 1.82) is 0 Å². The first-order valence-electron chi connectivity index (χ1n) is 9.89. The summed E-state index contributed by atoms with van der Waals surface area (Å²) in [6.07, 6.45) is -2.93. The molecule has 0 saturated carbocycles. The average Bonchev–Trinajstić information content (AvgIpc) is 2.73. The molecule has 1 amide bonds. The summed E-state index contributed by atoms with van der Waals surface area (Å²) >= 11 is 0. The molecular weight excluding hydrogens is 416 g/mol. The molecule has 0 atom stereocenters. The fraction of sp³-hybridized carbons (Fsp3) is 0.409. The maximum Gasteiger partial charge on any atom is 0.416 e. The molecule has 0 aromatic heterocycles. The number of amides is 1. The number of methoxy groups -OCH3 is 1. The quantitative estimate of drug-likeness (QED) is 0.661. The van der Waals surface area contributed by atoms with Gasteiger partial charge in [-0.3, -0.25) is 9.69 Å². The van der Waals surface area contributed by atoms with Crippen LogP contribution in [0.2, 0.25) is 0 Å². The lowest BCUT2D eigenvalue weighted by molar-refractivity contribution is -0.137. The number of nitrogens with zero attached hydrogens (tertiary/aromatic N) is 1. The normalized spacial score (nSPS) is 15.5. The smallest absolute Gasteiger partial charge is 0.416 e. The van der Waals surface area contributed by atoms with Gasteiger partial charge in [0.2, 0.25) is 0 Å². The number of hydrogen-bond acceptors (Lipinski definition) is 4. The van der Waals surface area contributed by atoms with Crippen molar-refractivity contribution in [2.75, 3.05) is 26.8 Å². The first-order valence-corrected chi connectivity index (χ1v) is 9.89. The predicted molar refractivity (Wildman–Crippen MR) is 106 cm³/mol. The van der Waals surface area contributed by atoms with Crippen LogP contribution >= 0.6 is 0 Å². The summed E-state index contributed by atoms with van der Waals surface area (Å²) in [7, 11) is 1.42. The summed E-state index contributed by atoms with van der Waals surface area (Å²) in [5.74, 6) is -0.306. The standard InChI is InChI=1S/C22H24F4N2O3/c1-30-20-7-2-15(12-19(20)23)13-28-10-8-17(9-11-28)27-21(29)14-31-18-5-3-16(4-6-18)22(24,25)26/h2-7,12,17H,8-11,13-14H2,1H3,(H,27,29). The van der Waals surface area contributed by atoms with Crippen LogP contribution in [-0.4, -0.2) is 43.7 Å². The number of hydrogen-bond donors (Lipinski definition) is 1. The van der Waals surface area contributed by atoms with E-state index in [1.807, 2.05) is 6.07 Å². The molecule has 2 aromatic rings. The summed E-state index contributed by atoms with van der Waals surface area (Å²) in [6, 6.07) is 9.10. The van der Waals surface area contributed by atoms with E-state index < -0.39 is 17.6 Å². The minimum absolute atomic E-state index is 0.00689.